The zero-order chi connectivity index (χ0) is 9.97. The average Bonchev–Trinajstić information content (AvgIpc) is 2.23. The number of rotatable bonds is 1. The van der Waals surface area contributed by atoms with Crippen LogP contribution in [0.2, 0.25) is 5.02 Å². The third-order valence-corrected chi connectivity index (χ3v) is 2.43. The lowest BCUT2D eigenvalue weighted by atomic mass is 10.1. The summed E-state index contributed by atoms with van der Waals surface area (Å²) in [6.45, 7) is 0. The third-order valence-electron chi connectivity index (χ3n) is 2.01. The minimum atomic E-state index is 0.726. The van der Waals surface area contributed by atoms with Crippen LogP contribution in [0.25, 0.3) is 10.8 Å². The van der Waals surface area contributed by atoms with Gasteiger partial charge in [-0.2, -0.15) is 4.99 Å². The van der Waals surface area contributed by atoms with E-state index in [4.69, 9.17) is 11.6 Å². The molecule has 0 N–H and O–H groups in total. The van der Waals surface area contributed by atoms with Crippen LogP contribution in [0.1, 0.15) is 0 Å². The number of halogens is 1. The van der Waals surface area contributed by atoms with Crippen LogP contribution in [0.15, 0.2) is 41.4 Å². The third kappa shape index (κ3) is 1.55. The van der Waals surface area contributed by atoms with Crippen molar-refractivity contribution in [2.75, 3.05) is 0 Å². The fourth-order valence-corrected chi connectivity index (χ4v) is 1.72. The van der Waals surface area contributed by atoms with Gasteiger partial charge in [0.25, 0.3) is 0 Å². The van der Waals surface area contributed by atoms with E-state index in [9.17, 15) is 0 Å². The van der Waals surface area contributed by atoms with Crippen LogP contribution in [0.5, 0.6) is 0 Å². The summed E-state index contributed by atoms with van der Waals surface area (Å²) >= 11 is 10.6. The van der Waals surface area contributed by atoms with Gasteiger partial charge in [-0.15, -0.1) is 0 Å². The van der Waals surface area contributed by atoms with Crippen molar-refractivity contribution in [2.24, 2.45) is 4.99 Å². The first-order chi connectivity index (χ1) is 6.83. The molecule has 0 radical (unpaired) electrons. The van der Waals surface area contributed by atoms with E-state index in [1.165, 1.54) is 0 Å². The Hall–Kier alpha value is -1.21. The van der Waals surface area contributed by atoms with Crippen LogP contribution in [0.4, 0.5) is 5.69 Å². The summed E-state index contributed by atoms with van der Waals surface area (Å²) in [5.74, 6) is 0. The minimum Gasteiger partial charge on any atom is -0.194 e. The molecule has 2 aromatic carbocycles. The van der Waals surface area contributed by atoms with Crippen molar-refractivity contribution in [3.63, 3.8) is 0 Å². The summed E-state index contributed by atoms with van der Waals surface area (Å²) in [5.41, 5.74) is 0.806. The monoisotopic (exact) mass is 219 g/mol. The Morgan fingerprint density at radius 1 is 1.07 bits per heavy atom. The van der Waals surface area contributed by atoms with Crippen LogP contribution in [-0.2, 0) is 0 Å². The number of isothiocyanates is 1. The normalized spacial score (nSPS) is 9.79. The molecule has 0 spiro atoms. The molecular formula is C11H6ClNS. The predicted molar refractivity (Wildman–Crippen MR) is 63.6 cm³/mol. The minimum absolute atomic E-state index is 0.726. The van der Waals surface area contributed by atoms with Crippen LogP contribution < -0.4 is 0 Å². The van der Waals surface area contributed by atoms with Crippen molar-refractivity contribution in [3.8, 4) is 0 Å². The average molecular weight is 220 g/mol. The number of thiocarbonyl (C=S) groups is 1. The topological polar surface area (TPSA) is 12.4 Å². The summed E-state index contributed by atoms with van der Waals surface area (Å²) in [7, 11) is 0. The van der Waals surface area contributed by atoms with Gasteiger partial charge < -0.3 is 0 Å². The largest absolute Gasteiger partial charge is 0.194 e. The Bertz CT molecular complexity index is 530. The highest BCUT2D eigenvalue weighted by Crippen LogP contribution is 2.30. The van der Waals surface area contributed by atoms with Gasteiger partial charge in [0.15, 0.2) is 0 Å². The van der Waals surface area contributed by atoms with Crippen LogP contribution in [-0.4, -0.2) is 5.16 Å². The van der Waals surface area contributed by atoms with Crippen molar-refractivity contribution in [2.45, 2.75) is 0 Å². The highest BCUT2D eigenvalue weighted by molar-refractivity contribution is 7.78. The highest BCUT2D eigenvalue weighted by atomic mass is 35.5. The molecule has 68 valence electrons. The Balaban J connectivity index is 2.88. The number of nitrogens with zero attached hydrogens (tertiary/aromatic N) is 1. The summed E-state index contributed by atoms with van der Waals surface area (Å²) in [4.78, 5) is 3.98. The molecule has 0 aliphatic carbocycles. The molecule has 14 heavy (non-hydrogen) atoms. The van der Waals surface area contributed by atoms with Gasteiger partial charge in [0.05, 0.1) is 10.8 Å². The molecule has 0 aliphatic heterocycles. The fourth-order valence-electron chi connectivity index (χ4n) is 1.39. The smallest absolute Gasteiger partial charge is 0.0818 e. The van der Waals surface area contributed by atoms with Gasteiger partial charge in [-0.25, -0.2) is 0 Å². The maximum Gasteiger partial charge on any atom is 0.0818 e. The lowest BCUT2D eigenvalue weighted by Crippen LogP contribution is -1.74. The van der Waals surface area contributed by atoms with E-state index in [1.807, 2.05) is 36.4 Å². The molecular weight excluding hydrogens is 214 g/mol. The van der Waals surface area contributed by atoms with Gasteiger partial charge in [0, 0.05) is 15.8 Å². The van der Waals surface area contributed by atoms with Gasteiger partial charge in [-0.1, -0.05) is 35.9 Å². The maximum atomic E-state index is 6.04. The van der Waals surface area contributed by atoms with Gasteiger partial charge in [0.1, 0.15) is 0 Å². The highest BCUT2D eigenvalue weighted by Gasteiger charge is 2.01. The van der Waals surface area contributed by atoms with E-state index in [0.29, 0.717) is 0 Å². The molecule has 0 saturated carbocycles. The van der Waals surface area contributed by atoms with Crippen molar-refractivity contribution in [1.82, 2.24) is 0 Å². The predicted octanol–water partition coefficient (Wildman–Crippen LogP) is 4.23. The number of fused-ring (bicyclic) bond motifs is 1. The van der Waals surface area contributed by atoms with Crippen molar-refractivity contribution in [3.05, 3.63) is 41.4 Å². The number of benzene rings is 2. The first-order valence-corrected chi connectivity index (χ1v) is 4.86. The quantitative estimate of drug-likeness (QED) is 0.517. The van der Waals surface area contributed by atoms with E-state index in [-0.39, 0.29) is 0 Å². The zero-order valence-corrected chi connectivity index (χ0v) is 8.77. The van der Waals surface area contributed by atoms with E-state index >= 15 is 0 Å². The number of hydrogen-bond acceptors (Lipinski definition) is 2. The van der Waals surface area contributed by atoms with Crippen LogP contribution in [0.3, 0.4) is 0 Å². The molecule has 1 nitrogen and oxygen atoms in total. The van der Waals surface area contributed by atoms with E-state index in [1.54, 1.807) is 0 Å². The molecule has 0 unspecified atom stereocenters. The van der Waals surface area contributed by atoms with Gasteiger partial charge >= 0.3 is 0 Å². The number of aliphatic imine (C=N–C) groups is 1. The first-order valence-electron chi connectivity index (χ1n) is 4.08. The van der Waals surface area contributed by atoms with Gasteiger partial charge in [0.2, 0.25) is 0 Å². The van der Waals surface area contributed by atoms with Gasteiger partial charge in [-0.05, 0) is 24.4 Å². The summed E-state index contributed by atoms with van der Waals surface area (Å²) in [6, 6.07) is 11.5. The molecule has 0 amide bonds. The fraction of sp³-hybridized carbons (Fsp3) is 0. The molecule has 0 aromatic heterocycles. The lowest BCUT2D eigenvalue weighted by molar-refractivity contribution is 1.60. The molecule has 0 saturated heterocycles. The molecule has 2 aromatic rings. The van der Waals surface area contributed by atoms with E-state index < -0.39 is 0 Å². The number of hydrogen-bond donors (Lipinski definition) is 0. The van der Waals surface area contributed by atoms with Crippen molar-refractivity contribution >= 4 is 45.4 Å². The Morgan fingerprint density at radius 2 is 1.79 bits per heavy atom. The van der Waals surface area contributed by atoms with Crippen LogP contribution in [0, 0.1) is 0 Å². The Kier molecular flexibility index (Phi) is 2.60. The summed E-state index contributed by atoms with van der Waals surface area (Å²) in [6.07, 6.45) is 0. The SMILES string of the molecule is S=C=Nc1ccc(Cl)c2ccccc12. The van der Waals surface area contributed by atoms with Crippen molar-refractivity contribution in [1.29, 1.82) is 0 Å². The Labute approximate surface area is 92.0 Å². The standard InChI is InChI=1S/C11H6ClNS/c12-10-5-6-11(13-7-14)9-4-2-1-3-8(9)10/h1-6H. The van der Waals surface area contributed by atoms with Gasteiger partial charge in [-0.3, -0.25) is 0 Å². The summed E-state index contributed by atoms with van der Waals surface area (Å²) < 4.78 is 0. The molecule has 0 bridgehead atoms. The lowest BCUT2D eigenvalue weighted by Gasteiger charge is -2.01. The molecule has 0 atom stereocenters. The Morgan fingerprint density at radius 3 is 2.50 bits per heavy atom. The second-order valence-electron chi connectivity index (χ2n) is 2.82. The maximum absolute atomic E-state index is 6.04. The van der Waals surface area contributed by atoms with Crippen molar-refractivity contribution < 1.29 is 0 Å². The molecule has 0 heterocycles. The first kappa shape index (κ1) is 9.35. The second kappa shape index (κ2) is 3.89. The summed E-state index contributed by atoms with van der Waals surface area (Å²) in [5, 5.41) is 5.07. The zero-order valence-electron chi connectivity index (χ0n) is 7.20. The van der Waals surface area contributed by atoms with Crippen LogP contribution >= 0.6 is 23.8 Å². The second-order valence-corrected chi connectivity index (χ2v) is 3.40. The van der Waals surface area contributed by atoms with E-state index in [2.05, 4.69) is 22.4 Å². The molecule has 0 fully saturated rings. The van der Waals surface area contributed by atoms with E-state index in [0.717, 1.165) is 21.5 Å². The molecule has 0 aliphatic rings. The molecule has 3 heteroatoms. The molecule has 2 rings (SSSR count).